The number of anilines is 1. The van der Waals surface area contributed by atoms with E-state index in [1.807, 2.05) is 0 Å². The van der Waals surface area contributed by atoms with Crippen molar-refractivity contribution in [2.75, 3.05) is 45.4 Å². The zero-order valence-corrected chi connectivity index (χ0v) is 18.0. The summed E-state index contributed by atoms with van der Waals surface area (Å²) in [6.07, 6.45) is 1.37. The van der Waals surface area contributed by atoms with Crippen molar-refractivity contribution in [1.82, 2.24) is 29.9 Å². The van der Waals surface area contributed by atoms with Crippen LogP contribution in [0.3, 0.4) is 0 Å². The van der Waals surface area contributed by atoms with E-state index in [-0.39, 0.29) is 55.3 Å². The summed E-state index contributed by atoms with van der Waals surface area (Å²) in [4.78, 5) is 44.7. The molecule has 1 amide bonds. The zero-order chi connectivity index (χ0) is 22.1. The minimum Gasteiger partial charge on any atom is -0.468 e. The number of hydrogen-bond acceptors (Lipinski definition) is 11. The van der Waals surface area contributed by atoms with Crippen molar-refractivity contribution in [3.8, 4) is 0 Å². The molecule has 0 aliphatic carbocycles. The number of aromatic nitrogens is 4. The molecule has 166 valence electrons. The molecule has 0 saturated heterocycles. The number of ether oxygens (including phenoxy) is 2. The van der Waals surface area contributed by atoms with Gasteiger partial charge in [0.2, 0.25) is 11.9 Å². The molecule has 0 spiro atoms. The molecule has 0 aliphatic rings. The molecule has 2 aromatic rings. The van der Waals surface area contributed by atoms with E-state index in [1.165, 1.54) is 25.1 Å². The molecule has 14 nitrogen and oxygen atoms in total. The minimum atomic E-state index is -3.57. The van der Waals surface area contributed by atoms with E-state index in [9.17, 15) is 18.9 Å². The first kappa shape index (κ1) is 23.8. The van der Waals surface area contributed by atoms with Crippen molar-refractivity contribution < 1.29 is 28.2 Å². The van der Waals surface area contributed by atoms with Gasteiger partial charge in [-0.25, -0.2) is 10.1 Å². The van der Waals surface area contributed by atoms with E-state index in [4.69, 9.17) is 15.0 Å². The van der Waals surface area contributed by atoms with Crippen LogP contribution in [0.5, 0.6) is 0 Å². The smallest absolute Gasteiger partial charge is 0.327 e. The number of H-pyrrole nitrogens is 1. The number of fused-ring (bicyclic) bond motifs is 1. The number of nitrogens with one attached hydrogen (secondary N) is 3. The van der Waals surface area contributed by atoms with Gasteiger partial charge in [-0.1, -0.05) is 0 Å². The molecule has 1 unspecified atom stereocenters. The molecule has 0 bridgehead atoms. The van der Waals surface area contributed by atoms with Crippen LogP contribution in [0.1, 0.15) is 0 Å². The first-order chi connectivity index (χ1) is 14.3. The Balaban J connectivity index is 1.88. The van der Waals surface area contributed by atoms with Crippen LogP contribution in [-0.2, 0) is 34.9 Å². The topological polar surface area (TPSA) is 193 Å². The Labute approximate surface area is 174 Å². The van der Waals surface area contributed by atoms with Crippen LogP contribution in [0.4, 0.5) is 5.95 Å². The highest BCUT2D eigenvalue weighted by Gasteiger charge is 2.26. The molecule has 0 fully saturated rings. The van der Waals surface area contributed by atoms with Crippen LogP contribution in [-0.4, -0.2) is 71.1 Å². The second-order valence-electron chi connectivity index (χ2n) is 5.56. The maximum absolute atomic E-state index is 12.8. The van der Waals surface area contributed by atoms with Crippen LogP contribution in [0.15, 0.2) is 11.1 Å². The number of hydrogen-bond donors (Lipinski definition) is 4. The predicted octanol–water partition coefficient (Wildman–Crippen LogP) is -0.958. The fourth-order valence-electron chi connectivity index (χ4n) is 2.02. The van der Waals surface area contributed by atoms with Gasteiger partial charge in [0.15, 0.2) is 11.2 Å². The lowest BCUT2D eigenvalue weighted by atomic mass is 10.5. The van der Waals surface area contributed by atoms with Crippen LogP contribution in [0, 0.1) is 0 Å². The second kappa shape index (κ2) is 11.1. The van der Waals surface area contributed by atoms with E-state index in [0.717, 1.165) is 11.4 Å². The average molecular weight is 463 g/mol. The number of imidazole rings is 1. The third-order valence-electron chi connectivity index (χ3n) is 3.50. The lowest BCUT2D eigenvalue weighted by Crippen LogP contribution is -2.24. The van der Waals surface area contributed by atoms with Crippen molar-refractivity contribution in [2.24, 2.45) is 0 Å². The Kier molecular flexibility index (Phi) is 8.80. The van der Waals surface area contributed by atoms with Gasteiger partial charge < -0.3 is 25.0 Å². The molecular weight excluding hydrogens is 441 g/mol. The predicted molar refractivity (Wildman–Crippen MR) is 109 cm³/mol. The highest BCUT2D eigenvalue weighted by molar-refractivity contribution is 8.56. The van der Waals surface area contributed by atoms with Gasteiger partial charge in [-0.3, -0.25) is 28.5 Å². The summed E-state index contributed by atoms with van der Waals surface area (Å²) in [5.41, 5.74) is 5.43. The number of rotatable bonds is 12. The summed E-state index contributed by atoms with van der Waals surface area (Å²) in [6, 6.07) is 0. The normalized spacial score (nSPS) is 13.1. The number of nitrogens with two attached hydrogens (primary N) is 1. The average Bonchev–Trinajstić information content (AvgIpc) is 3.13. The van der Waals surface area contributed by atoms with Gasteiger partial charge in [-0.15, -0.1) is 0 Å². The Hall–Kier alpha value is -2.45. The Bertz CT molecular complexity index is 971. The van der Waals surface area contributed by atoms with Crippen molar-refractivity contribution in [1.29, 1.82) is 0 Å². The number of esters is 1. The van der Waals surface area contributed by atoms with Gasteiger partial charge in [0.1, 0.15) is 13.3 Å². The third-order valence-corrected chi connectivity index (χ3v) is 7.41. The standard InChI is InChI=1S/C14H22N7O7PS/c1-16-9(22)6-30-29(25,18-5-10(23)26-2)28-4-3-27-8-21-7-17-11-12(21)19-14(15)20-13(11)24/h7H,3-6,8H2,1-2H3,(H,16,22)(H,18,25)(H3,15,19,20,24). The zero-order valence-electron chi connectivity index (χ0n) is 16.2. The number of carbonyl (C=O) groups excluding carboxylic acids is 2. The summed E-state index contributed by atoms with van der Waals surface area (Å²) >= 11 is 0.739. The molecule has 2 aromatic heterocycles. The first-order valence-electron chi connectivity index (χ1n) is 8.48. The number of aromatic amines is 1. The molecule has 1 atom stereocenters. The van der Waals surface area contributed by atoms with Crippen molar-refractivity contribution in [3.05, 3.63) is 16.7 Å². The molecule has 0 radical (unpaired) electrons. The van der Waals surface area contributed by atoms with Gasteiger partial charge in [-0.05, 0) is 11.4 Å². The second-order valence-corrected chi connectivity index (χ2v) is 9.90. The van der Waals surface area contributed by atoms with E-state index in [1.54, 1.807) is 0 Å². The van der Waals surface area contributed by atoms with Gasteiger partial charge in [0.05, 0.1) is 32.4 Å². The Morgan fingerprint density at radius 2 is 2.17 bits per heavy atom. The molecule has 30 heavy (non-hydrogen) atoms. The van der Waals surface area contributed by atoms with Gasteiger partial charge in [0, 0.05) is 7.05 Å². The SMILES string of the molecule is CNC(=O)CSP(=O)(NCC(=O)OC)OCCOCn1cnc2c(=O)[nH]c(N)nc21. The van der Waals surface area contributed by atoms with Gasteiger partial charge in [0.25, 0.3) is 5.56 Å². The molecule has 2 heterocycles. The monoisotopic (exact) mass is 463 g/mol. The molecular formula is C14H22N7O7PS. The van der Waals surface area contributed by atoms with E-state index in [2.05, 4.69) is 30.1 Å². The van der Waals surface area contributed by atoms with Crippen LogP contribution in [0.2, 0.25) is 0 Å². The molecule has 5 N–H and O–H groups in total. The molecule has 0 aliphatic heterocycles. The fourth-order valence-corrected chi connectivity index (χ4v) is 5.13. The lowest BCUT2D eigenvalue weighted by molar-refractivity contribution is -0.139. The third kappa shape index (κ3) is 6.81. The van der Waals surface area contributed by atoms with Gasteiger partial charge >= 0.3 is 12.7 Å². The van der Waals surface area contributed by atoms with Crippen molar-refractivity contribution in [2.45, 2.75) is 6.73 Å². The van der Waals surface area contributed by atoms with Crippen LogP contribution >= 0.6 is 18.1 Å². The molecule has 16 heteroatoms. The molecule has 0 aromatic carbocycles. The van der Waals surface area contributed by atoms with E-state index < -0.39 is 18.2 Å². The summed E-state index contributed by atoms with van der Waals surface area (Å²) in [6.45, 7) is -4.02. The number of carbonyl (C=O) groups is 2. The van der Waals surface area contributed by atoms with E-state index in [0.29, 0.717) is 0 Å². The maximum atomic E-state index is 12.8. The number of nitrogen functional groups attached to an aromatic ring is 1. The van der Waals surface area contributed by atoms with Crippen LogP contribution < -0.4 is 21.7 Å². The minimum absolute atomic E-state index is 0.0129. The Morgan fingerprint density at radius 1 is 1.40 bits per heavy atom. The van der Waals surface area contributed by atoms with Crippen LogP contribution in [0.25, 0.3) is 11.2 Å². The fraction of sp³-hybridized carbons (Fsp3) is 0.500. The first-order valence-corrected chi connectivity index (χ1v) is 11.7. The van der Waals surface area contributed by atoms with Gasteiger partial charge in [-0.2, -0.15) is 4.98 Å². The maximum Gasteiger partial charge on any atom is 0.327 e. The number of nitrogens with zero attached hydrogens (tertiary/aromatic N) is 3. The summed E-state index contributed by atoms with van der Waals surface area (Å²) < 4.78 is 29.5. The quantitative estimate of drug-likeness (QED) is 0.171. The molecule has 0 saturated carbocycles. The van der Waals surface area contributed by atoms with E-state index >= 15 is 0 Å². The lowest BCUT2D eigenvalue weighted by Gasteiger charge is -2.18. The summed E-state index contributed by atoms with van der Waals surface area (Å²) in [5.74, 6) is -1.17. The Morgan fingerprint density at radius 3 is 2.87 bits per heavy atom. The number of amides is 1. The highest BCUT2D eigenvalue weighted by atomic mass is 32.7. The van der Waals surface area contributed by atoms with Crippen molar-refractivity contribution in [3.63, 3.8) is 0 Å². The number of methoxy groups -OCH3 is 1. The molecule has 2 rings (SSSR count). The highest BCUT2D eigenvalue weighted by Crippen LogP contribution is 2.55. The summed E-state index contributed by atoms with van der Waals surface area (Å²) in [5, 5.41) is 4.88. The largest absolute Gasteiger partial charge is 0.468 e. The van der Waals surface area contributed by atoms with Crippen molar-refractivity contribution >= 4 is 47.1 Å². The summed E-state index contributed by atoms with van der Waals surface area (Å²) in [7, 11) is 2.64.